The van der Waals surface area contributed by atoms with Crippen LogP contribution in [0.4, 0.5) is 0 Å². The summed E-state index contributed by atoms with van der Waals surface area (Å²) in [7, 11) is 8.21. The maximum Gasteiger partial charge on any atom is 0.119 e. The number of phenolic OH excluding ortho intramolecular Hbond substituents is 1. The molecule has 2 rings (SSSR count). The number of phenols is 1. The Hall–Kier alpha value is -2.16. The molecule has 0 aliphatic rings. The van der Waals surface area contributed by atoms with Crippen LogP contribution in [0.1, 0.15) is 44.0 Å². The molecule has 4 atom stereocenters. The molecule has 33 heavy (non-hydrogen) atoms. The molecule has 0 aliphatic carbocycles. The molecule has 0 saturated heterocycles. The lowest BCUT2D eigenvalue weighted by atomic mass is 9.99. The summed E-state index contributed by atoms with van der Waals surface area (Å²) in [5, 5.41) is 13.2. The highest BCUT2D eigenvalue weighted by atomic mass is 16.5. The van der Waals surface area contributed by atoms with Crippen LogP contribution in [0.2, 0.25) is 0 Å². The topological polar surface area (TPSA) is 72.0 Å². The van der Waals surface area contributed by atoms with Crippen LogP contribution in [0.5, 0.6) is 11.5 Å². The molecule has 0 fully saturated rings. The number of likely N-dealkylation sites (N-methyl/N-ethyl adjacent to an activating group) is 3. The van der Waals surface area contributed by atoms with Crippen LogP contribution in [0.25, 0.3) is 0 Å². The third kappa shape index (κ3) is 7.98. The summed E-state index contributed by atoms with van der Waals surface area (Å²) >= 11 is 0. The summed E-state index contributed by atoms with van der Waals surface area (Å²) in [6, 6.07) is 16.8. The molecular weight excluding hydrogens is 414 g/mol. The molecule has 0 aromatic heterocycles. The van der Waals surface area contributed by atoms with Crippen molar-refractivity contribution in [2.75, 3.05) is 47.9 Å². The van der Waals surface area contributed by atoms with Crippen molar-refractivity contribution < 1.29 is 9.84 Å². The quantitative estimate of drug-likeness (QED) is 0.325. The van der Waals surface area contributed by atoms with E-state index in [-0.39, 0.29) is 17.8 Å². The van der Waals surface area contributed by atoms with Crippen LogP contribution in [0, 0.1) is 0 Å². The first-order valence-corrected chi connectivity index (χ1v) is 11.8. The predicted molar refractivity (Wildman–Crippen MR) is 137 cm³/mol. The van der Waals surface area contributed by atoms with Crippen LogP contribution in [0.15, 0.2) is 48.5 Å². The minimum atomic E-state index is 0.123. The van der Waals surface area contributed by atoms with Gasteiger partial charge in [-0.2, -0.15) is 0 Å². The van der Waals surface area contributed by atoms with E-state index in [4.69, 9.17) is 4.74 Å². The number of hydrazine groups is 1. The number of nitrogens with one attached hydrogen (secondary N) is 3. The van der Waals surface area contributed by atoms with E-state index < -0.39 is 0 Å². The van der Waals surface area contributed by atoms with Gasteiger partial charge in [-0.25, -0.2) is 0 Å². The molecule has 0 amide bonds. The van der Waals surface area contributed by atoms with Crippen molar-refractivity contribution in [1.82, 2.24) is 26.0 Å². The fraction of sp³-hybridized carbons (Fsp3) is 0.538. The Bertz CT molecular complexity index is 797. The second kappa shape index (κ2) is 13.5. The van der Waals surface area contributed by atoms with E-state index in [9.17, 15) is 5.11 Å². The molecule has 0 heterocycles. The Morgan fingerprint density at radius 1 is 0.879 bits per heavy atom. The number of hydrogen-bond acceptors (Lipinski definition) is 7. The van der Waals surface area contributed by atoms with E-state index >= 15 is 0 Å². The highest BCUT2D eigenvalue weighted by Crippen LogP contribution is 2.26. The van der Waals surface area contributed by atoms with Crippen LogP contribution in [-0.2, 0) is 0 Å². The van der Waals surface area contributed by atoms with E-state index in [0.29, 0.717) is 18.7 Å². The maximum atomic E-state index is 9.66. The number of aromatic hydroxyl groups is 1. The highest BCUT2D eigenvalue weighted by Gasteiger charge is 2.24. The highest BCUT2D eigenvalue weighted by molar-refractivity contribution is 5.30. The smallest absolute Gasteiger partial charge is 0.119 e. The Labute approximate surface area is 200 Å². The van der Waals surface area contributed by atoms with Crippen molar-refractivity contribution >= 4 is 0 Å². The van der Waals surface area contributed by atoms with Gasteiger partial charge in [-0.3, -0.25) is 15.8 Å². The molecule has 2 aromatic rings. The summed E-state index contributed by atoms with van der Waals surface area (Å²) in [6.07, 6.45) is 0. The van der Waals surface area contributed by atoms with Crippen LogP contribution in [0.3, 0.4) is 0 Å². The standard InChI is InChI=1S/C26H43N5O2/c1-8-28-19(2)25(30(5)6)21-11-15-24(16-12-21)33-18-17-31(7)26(20(3)29-27-4)22-9-13-23(32)14-10-22/h9-16,19-20,25-29,32H,8,17-18H2,1-7H3/t19-,20-,25+,26+/m0/s1. The van der Waals surface area contributed by atoms with E-state index in [1.165, 1.54) is 5.56 Å². The molecule has 0 aliphatic heterocycles. The van der Waals surface area contributed by atoms with E-state index in [1.54, 1.807) is 12.1 Å². The number of nitrogens with zero attached hydrogens (tertiary/aromatic N) is 2. The first-order chi connectivity index (χ1) is 15.8. The normalized spacial score (nSPS) is 15.4. The Morgan fingerprint density at radius 3 is 2.00 bits per heavy atom. The fourth-order valence-electron chi connectivity index (χ4n) is 4.58. The lowest BCUT2D eigenvalue weighted by Gasteiger charge is -2.33. The number of hydrogen-bond donors (Lipinski definition) is 4. The van der Waals surface area contributed by atoms with Gasteiger partial charge in [0.05, 0.1) is 6.04 Å². The molecular formula is C26H43N5O2. The summed E-state index contributed by atoms with van der Waals surface area (Å²) in [5.41, 5.74) is 8.74. The van der Waals surface area contributed by atoms with E-state index in [0.717, 1.165) is 24.4 Å². The minimum Gasteiger partial charge on any atom is -0.508 e. The molecule has 0 unspecified atom stereocenters. The van der Waals surface area contributed by atoms with Crippen molar-refractivity contribution in [3.05, 3.63) is 59.7 Å². The maximum absolute atomic E-state index is 9.66. The Kier molecular flexibility index (Phi) is 11.1. The van der Waals surface area contributed by atoms with Gasteiger partial charge < -0.3 is 20.1 Å². The molecule has 0 saturated carbocycles. The minimum absolute atomic E-state index is 0.123. The largest absolute Gasteiger partial charge is 0.508 e. The van der Waals surface area contributed by atoms with Gasteiger partial charge in [-0.1, -0.05) is 31.2 Å². The van der Waals surface area contributed by atoms with Crippen molar-refractivity contribution in [2.45, 2.75) is 44.9 Å². The second-order valence-corrected chi connectivity index (χ2v) is 8.87. The average Bonchev–Trinajstić information content (AvgIpc) is 2.77. The van der Waals surface area contributed by atoms with Gasteiger partial charge in [0.25, 0.3) is 0 Å². The van der Waals surface area contributed by atoms with E-state index in [2.05, 4.69) is 92.1 Å². The monoisotopic (exact) mass is 457 g/mol. The molecule has 4 N–H and O–H groups in total. The Morgan fingerprint density at radius 2 is 1.45 bits per heavy atom. The molecule has 0 bridgehead atoms. The third-order valence-electron chi connectivity index (χ3n) is 6.05. The predicted octanol–water partition coefficient (Wildman–Crippen LogP) is 3.16. The number of benzene rings is 2. The lowest BCUT2D eigenvalue weighted by Crippen LogP contribution is -2.46. The molecule has 7 heteroatoms. The second-order valence-electron chi connectivity index (χ2n) is 8.87. The summed E-state index contributed by atoms with van der Waals surface area (Å²) in [4.78, 5) is 4.53. The molecule has 7 nitrogen and oxygen atoms in total. The molecule has 0 spiro atoms. The van der Waals surface area contributed by atoms with Gasteiger partial charge in [0.2, 0.25) is 0 Å². The van der Waals surface area contributed by atoms with Gasteiger partial charge in [0, 0.05) is 24.7 Å². The average molecular weight is 458 g/mol. The fourth-order valence-corrected chi connectivity index (χ4v) is 4.58. The zero-order valence-electron chi connectivity index (χ0n) is 21.3. The van der Waals surface area contributed by atoms with Crippen molar-refractivity contribution in [2.24, 2.45) is 0 Å². The molecule has 2 aromatic carbocycles. The third-order valence-corrected chi connectivity index (χ3v) is 6.05. The zero-order valence-corrected chi connectivity index (χ0v) is 21.3. The van der Waals surface area contributed by atoms with Crippen LogP contribution in [-0.4, -0.2) is 74.9 Å². The summed E-state index contributed by atoms with van der Waals surface area (Å²) in [5.74, 6) is 1.15. The van der Waals surface area contributed by atoms with Gasteiger partial charge >= 0.3 is 0 Å². The van der Waals surface area contributed by atoms with Gasteiger partial charge in [0.1, 0.15) is 18.1 Å². The SMILES string of the molecule is CCN[C@@H](C)[C@H](c1ccc(OCCN(C)[C@@H](c2ccc(O)cc2)[C@H](C)NNC)cc1)N(C)C. The lowest BCUT2D eigenvalue weighted by molar-refractivity contribution is 0.160. The first kappa shape index (κ1) is 27.1. The van der Waals surface area contributed by atoms with Gasteiger partial charge in [0.15, 0.2) is 0 Å². The van der Waals surface area contributed by atoms with Crippen LogP contribution < -0.4 is 20.9 Å². The van der Waals surface area contributed by atoms with Gasteiger partial charge in [-0.05, 0) is 84.0 Å². The van der Waals surface area contributed by atoms with Crippen molar-refractivity contribution in [1.29, 1.82) is 0 Å². The first-order valence-electron chi connectivity index (χ1n) is 11.8. The summed E-state index contributed by atoms with van der Waals surface area (Å²) in [6.45, 7) is 8.80. The zero-order chi connectivity index (χ0) is 24.4. The number of ether oxygens (including phenoxy) is 1. The molecule has 184 valence electrons. The van der Waals surface area contributed by atoms with Crippen LogP contribution >= 0.6 is 0 Å². The van der Waals surface area contributed by atoms with Gasteiger partial charge in [-0.15, -0.1) is 0 Å². The molecule has 0 radical (unpaired) electrons. The van der Waals surface area contributed by atoms with E-state index in [1.807, 2.05) is 19.2 Å². The van der Waals surface area contributed by atoms with Crippen molar-refractivity contribution in [3.8, 4) is 11.5 Å². The Balaban J connectivity index is 2.00. The van der Waals surface area contributed by atoms with Crippen molar-refractivity contribution in [3.63, 3.8) is 0 Å². The number of rotatable bonds is 14. The summed E-state index contributed by atoms with van der Waals surface area (Å²) < 4.78 is 6.08.